The zero-order valence-electron chi connectivity index (χ0n) is 30.3. The van der Waals surface area contributed by atoms with Gasteiger partial charge in [0.1, 0.15) is 11.6 Å². The van der Waals surface area contributed by atoms with Crippen molar-refractivity contribution in [2.24, 2.45) is 0 Å². The topological polar surface area (TPSA) is 22.6 Å². The molecule has 0 spiro atoms. The van der Waals surface area contributed by atoms with E-state index in [1.165, 1.54) is 33.4 Å². The summed E-state index contributed by atoms with van der Waals surface area (Å²) in [6.07, 6.45) is 0. The van der Waals surface area contributed by atoms with Crippen molar-refractivity contribution in [1.29, 1.82) is 0 Å². The van der Waals surface area contributed by atoms with Gasteiger partial charge in [-0.1, -0.05) is 72.8 Å². The molecular weight excluding hydrogens is 621 g/mol. The summed E-state index contributed by atoms with van der Waals surface area (Å²) < 4.78 is 0. The molecule has 0 aliphatic heterocycles. The Kier molecular flexibility index (Phi) is 9.41. The van der Waals surface area contributed by atoms with Gasteiger partial charge in [0.05, 0.1) is 5.69 Å². The summed E-state index contributed by atoms with van der Waals surface area (Å²) in [5.74, 6) is 1.63. The zero-order valence-corrected chi connectivity index (χ0v) is 30.3. The first-order valence-corrected chi connectivity index (χ1v) is 17.5. The Morgan fingerprint density at radius 3 is 0.745 bits per heavy atom. The summed E-state index contributed by atoms with van der Waals surface area (Å²) >= 11 is 0. The molecular formula is C47H44N4. The summed E-state index contributed by atoms with van der Waals surface area (Å²) in [4.78, 5) is 12.5. The van der Waals surface area contributed by atoms with Crippen LogP contribution < -0.4 is 14.7 Å². The summed E-state index contributed by atoms with van der Waals surface area (Å²) in [6, 6.07) is 56.5. The fraction of sp³-hybridized carbons (Fsp3) is 0.128. The SMILES string of the molecule is Cc1cccc(N(c2cccc(C)c2)c2cc(N(c3cccc(C)c3)c3cccc(C)c3)nc(N(c3cccc(C)c3)c3cccc(C)c3)c2)c1. The molecule has 0 saturated carbocycles. The summed E-state index contributed by atoms with van der Waals surface area (Å²) in [6.45, 7) is 12.9. The van der Waals surface area contributed by atoms with Gasteiger partial charge < -0.3 is 4.90 Å². The minimum Gasteiger partial charge on any atom is -0.310 e. The molecule has 4 nitrogen and oxygen atoms in total. The maximum Gasteiger partial charge on any atom is 0.142 e. The predicted molar refractivity (Wildman–Crippen MR) is 217 cm³/mol. The third kappa shape index (κ3) is 7.41. The van der Waals surface area contributed by atoms with Gasteiger partial charge in [0, 0.05) is 46.3 Å². The largest absolute Gasteiger partial charge is 0.310 e. The van der Waals surface area contributed by atoms with E-state index < -0.39 is 0 Å². The lowest BCUT2D eigenvalue weighted by molar-refractivity contribution is 1.12. The lowest BCUT2D eigenvalue weighted by Crippen LogP contribution is -2.18. The molecule has 0 N–H and O–H groups in total. The van der Waals surface area contributed by atoms with Crippen molar-refractivity contribution in [2.45, 2.75) is 41.5 Å². The van der Waals surface area contributed by atoms with E-state index in [0.717, 1.165) is 51.4 Å². The lowest BCUT2D eigenvalue weighted by atomic mass is 10.1. The smallest absolute Gasteiger partial charge is 0.142 e. The fourth-order valence-corrected chi connectivity index (χ4v) is 6.72. The number of hydrogen-bond donors (Lipinski definition) is 0. The lowest BCUT2D eigenvalue weighted by Gasteiger charge is -2.32. The molecule has 0 unspecified atom stereocenters. The van der Waals surface area contributed by atoms with Crippen LogP contribution in [0.2, 0.25) is 0 Å². The van der Waals surface area contributed by atoms with Gasteiger partial charge >= 0.3 is 0 Å². The van der Waals surface area contributed by atoms with Crippen molar-refractivity contribution in [3.8, 4) is 0 Å². The van der Waals surface area contributed by atoms with Crippen molar-refractivity contribution in [3.05, 3.63) is 191 Å². The minimum absolute atomic E-state index is 0.814. The molecule has 0 fully saturated rings. The Labute approximate surface area is 302 Å². The number of pyridine rings is 1. The van der Waals surface area contributed by atoms with Crippen molar-refractivity contribution in [2.75, 3.05) is 14.7 Å². The van der Waals surface area contributed by atoms with Gasteiger partial charge in [0.15, 0.2) is 0 Å². The maximum atomic E-state index is 5.59. The summed E-state index contributed by atoms with van der Waals surface area (Å²) in [5, 5.41) is 0. The van der Waals surface area contributed by atoms with Crippen LogP contribution in [0.25, 0.3) is 0 Å². The van der Waals surface area contributed by atoms with Crippen molar-refractivity contribution in [3.63, 3.8) is 0 Å². The van der Waals surface area contributed by atoms with E-state index in [9.17, 15) is 0 Å². The van der Waals surface area contributed by atoms with E-state index in [2.05, 4.69) is 214 Å². The van der Waals surface area contributed by atoms with Gasteiger partial charge in [0.2, 0.25) is 0 Å². The second-order valence-corrected chi connectivity index (χ2v) is 13.6. The summed E-state index contributed by atoms with van der Waals surface area (Å²) in [7, 11) is 0. The van der Waals surface area contributed by atoms with E-state index >= 15 is 0 Å². The number of aromatic nitrogens is 1. The van der Waals surface area contributed by atoms with E-state index in [1.54, 1.807) is 0 Å². The highest BCUT2D eigenvalue weighted by atomic mass is 15.3. The van der Waals surface area contributed by atoms with Gasteiger partial charge in [-0.3, -0.25) is 9.80 Å². The number of hydrogen-bond acceptors (Lipinski definition) is 4. The van der Waals surface area contributed by atoms with Crippen LogP contribution in [0.5, 0.6) is 0 Å². The molecule has 0 radical (unpaired) electrons. The molecule has 0 atom stereocenters. The van der Waals surface area contributed by atoms with E-state index in [4.69, 9.17) is 4.98 Å². The van der Waals surface area contributed by atoms with Crippen LogP contribution in [0, 0.1) is 41.5 Å². The predicted octanol–water partition coefficient (Wildman–Crippen LogP) is 13.3. The molecule has 1 aromatic heterocycles. The number of nitrogens with zero attached hydrogens (tertiary/aromatic N) is 4. The van der Waals surface area contributed by atoms with Gasteiger partial charge in [-0.25, -0.2) is 4.98 Å². The van der Waals surface area contributed by atoms with Crippen LogP contribution >= 0.6 is 0 Å². The summed E-state index contributed by atoms with van der Waals surface area (Å²) in [5.41, 5.74) is 14.5. The van der Waals surface area contributed by atoms with Crippen LogP contribution in [-0.2, 0) is 0 Å². The van der Waals surface area contributed by atoms with Gasteiger partial charge in [0.25, 0.3) is 0 Å². The Morgan fingerprint density at radius 2 is 0.510 bits per heavy atom. The first kappa shape index (κ1) is 33.4. The average Bonchev–Trinajstić information content (AvgIpc) is 3.09. The molecule has 0 bridgehead atoms. The van der Waals surface area contributed by atoms with Gasteiger partial charge in [-0.05, 0) is 148 Å². The first-order chi connectivity index (χ1) is 24.7. The fourth-order valence-electron chi connectivity index (χ4n) is 6.72. The van der Waals surface area contributed by atoms with Crippen LogP contribution in [-0.4, -0.2) is 4.98 Å². The minimum atomic E-state index is 0.814. The number of rotatable bonds is 9. The van der Waals surface area contributed by atoms with E-state index in [-0.39, 0.29) is 0 Å². The highest BCUT2D eigenvalue weighted by Crippen LogP contribution is 2.44. The third-order valence-electron chi connectivity index (χ3n) is 9.06. The molecule has 4 heteroatoms. The second kappa shape index (κ2) is 14.4. The van der Waals surface area contributed by atoms with Crippen molar-refractivity contribution < 1.29 is 0 Å². The highest BCUT2D eigenvalue weighted by molar-refractivity contribution is 5.86. The molecule has 0 amide bonds. The third-order valence-corrected chi connectivity index (χ3v) is 9.06. The molecule has 252 valence electrons. The van der Waals surface area contributed by atoms with Crippen LogP contribution in [0.15, 0.2) is 158 Å². The first-order valence-electron chi connectivity index (χ1n) is 17.5. The van der Waals surface area contributed by atoms with Gasteiger partial charge in [-0.2, -0.15) is 0 Å². The standard InChI is InChI=1S/C47H44N4/c1-33-13-7-19-39(25-33)49(40-20-8-14-34(2)26-40)45-31-46(50(41-21-9-15-35(3)27-41)42-22-10-16-36(4)28-42)48-47(32-45)51(43-23-11-17-37(5)29-43)44-24-12-18-38(6)30-44/h7-32H,1-6H3. The molecule has 7 rings (SSSR count). The number of benzene rings is 6. The van der Waals surface area contributed by atoms with Crippen LogP contribution in [0.1, 0.15) is 33.4 Å². The molecule has 0 saturated heterocycles. The quantitative estimate of drug-likeness (QED) is 0.153. The zero-order chi connectivity index (χ0) is 35.5. The maximum absolute atomic E-state index is 5.59. The van der Waals surface area contributed by atoms with Crippen molar-refractivity contribution >= 4 is 51.4 Å². The van der Waals surface area contributed by atoms with Crippen LogP contribution in [0.4, 0.5) is 51.4 Å². The normalized spacial score (nSPS) is 10.9. The Morgan fingerprint density at radius 1 is 0.275 bits per heavy atom. The Balaban J connectivity index is 1.57. The Hall–Kier alpha value is -6.13. The van der Waals surface area contributed by atoms with E-state index in [0.29, 0.717) is 0 Å². The molecule has 7 aromatic rings. The Bertz CT molecular complexity index is 1920. The average molecular weight is 665 g/mol. The highest BCUT2D eigenvalue weighted by Gasteiger charge is 2.24. The molecule has 51 heavy (non-hydrogen) atoms. The number of anilines is 9. The molecule has 6 aromatic carbocycles. The number of aryl methyl sites for hydroxylation is 6. The van der Waals surface area contributed by atoms with Gasteiger partial charge in [-0.15, -0.1) is 0 Å². The second-order valence-electron chi connectivity index (χ2n) is 13.6. The molecule has 1 heterocycles. The monoisotopic (exact) mass is 664 g/mol. The van der Waals surface area contributed by atoms with Crippen LogP contribution in [0.3, 0.4) is 0 Å². The van der Waals surface area contributed by atoms with E-state index in [1.807, 2.05) is 0 Å². The molecule has 0 aliphatic rings. The molecule has 0 aliphatic carbocycles. The van der Waals surface area contributed by atoms with Crippen molar-refractivity contribution in [1.82, 2.24) is 4.98 Å².